The van der Waals surface area contributed by atoms with Gasteiger partial charge in [-0.2, -0.15) is 4.31 Å². The Kier molecular flexibility index (Phi) is 5.60. The van der Waals surface area contributed by atoms with Crippen LogP contribution in [0.4, 0.5) is 5.69 Å². The molecule has 8 heteroatoms. The molecule has 0 atom stereocenters. The number of fused-ring (bicyclic) bond motifs is 1. The second kappa shape index (κ2) is 8.20. The lowest BCUT2D eigenvalue weighted by atomic mass is 10.1. The highest BCUT2D eigenvalue weighted by Gasteiger charge is 2.44. The standard InChI is InChI=1S/C23H21N3O3S2/c1-4-15-24-23-26(31(28,29)18-12-9-16(2)10-13-18)22(27)21(30-23)20-14-11-17-7-5-6-8-19(17)25(20)3/h4-14H,1,15H2,2-3H3/b21-20-,24-23?. The summed E-state index contributed by atoms with van der Waals surface area (Å²) in [5.74, 6) is -0.612. The number of carbonyl (C=O) groups excluding carboxylic acids is 1. The van der Waals surface area contributed by atoms with Crippen LogP contribution < -0.4 is 4.90 Å². The van der Waals surface area contributed by atoms with Crippen LogP contribution in [-0.4, -0.2) is 37.4 Å². The average Bonchev–Trinajstić information content (AvgIpc) is 3.09. The molecule has 1 amide bonds. The van der Waals surface area contributed by atoms with Crippen LogP contribution in [0.1, 0.15) is 11.1 Å². The van der Waals surface area contributed by atoms with Gasteiger partial charge in [0.15, 0.2) is 5.17 Å². The summed E-state index contributed by atoms with van der Waals surface area (Å²) >= 11 is 1.06. The van der Waals surface area contributed by atoms with Gasteiger partial charge in [-0.05, 0) is 48.5 Å². The summed E-state index contributed by atoms with van der Waals surface area (Å²) in [6, 6.07) is 14.2. The number of sulfonamides is 1. The predicted octanol–water partition coefficient (Wildman–Crippen LogP) is 4.18. The lowest BCUT2D eigenvalue weighted by Gasteiger charge is -2.27. The molecule has 2 aliphatic heterocycles. The van der Waals surface area contributed by atoms with Crippen molar-refractivity contribution in [1.29, 1.82) is 0 Å². The second-order valence-electron chi connectivity index (χ2n) is 7.07. The van der Waals surface area contributed by atoms with E-state index in [1.54, 1.807) is 18.2 Å². The van der Waals surface area contributed by atoms with Crippen LogP contribution in [0.15, 0.2) is 87.8 Å². The predicted molar refractivity (Wildman–Crippen MR) is 126 cm³/mol. The molecule has 0 aliphatic carbocycles. The van der Waals surface area contributed by atoms with Gasteiger partial charge in [-0.15, -0.1) is 6.58 Å². The molecule has 0 saturated carbocycles. The van der Waals surface area contributed by atoms with E-state index in [2.05, 4.69) is 11.6 Å². The van der Waals surface area contributed by atoms with Gasteiger partial charge < -0.3 is 4.90 Å². The van der Waals surface area contributed by atoms with Gasteiger partial charge in [0.25, 0.3) is 15.9 Å². The highest BCUT2D eigenvalue weighted by Crippen LogP contribution is 2.41. The van der Waals surface area contributed by atoms with Gasteiger partial charge in [0, 0.05) is 12.7 Å². The van der Waals surface area contributed by atoms with E-state index in [1.165, 1.54) is 12.1 Å². The summed E-state index contributed by atoms with van der Waals surface area (Å²) in [4.78, 5) is 20.0. The number of aryl methyl sites for hydroxylation is 1. The van der Waals surface area contributed by atoms with Crippen molar-refractivity contribution < 1.29 is 13.2 Å². The summed E-state index contributed by atoms with van der Waals surface area (Å²) in [7, 11) is -2.26. The molecular weight excluding hydrogens is 430 g/mol. The molecule has 0 bridgehead atoms. The monoisotopic (exact) mass is 451 g/mol. The van der Waals surface area contributed by atoms with Crippen LogP contribution in [0.25, 0.3) is 6.08 Å². The number of rotatable bonds is 4. The molecule has 158 valence electrons. The average molecular weight is 452 g/mol. The maximum Gasteiger partial charge on any atom is 0.283 e. The number of hydrogen-bond acceptors (Lipinski definition) is 6. The number of para-hydroxylation sites is 1. The maximum absolute atomic E-state index is 13.4. The van der Waals surface area contributed by atoms with Crippen molar-refractivity contribution in [3.05, 3.63) is 89.0 Å². The minimum Gasteiger partial charge on any atom is -0.343 e. The highest BCUT2D eigenvalue weighted by molar-refractivity contribution is 8.19. The van der Waals surface area contributed by atoms with Crippen molar-refractivity contribution in [3.63, 3.8) is 0 Å². The molecule has 4 rings (SSSR count). The second-order valence-corrected chi connectivity index (χ2v) is 9.83. The first kappa shape index (κ1) is 21.1. The van der Waals surface area contributed by atoms with Crippen LogP contribution in [0, 0.1) is 6.92 Å². The smallest absolute Gasteiger partial charge is 0.283 e. The molecule has 0 aromatic heterocycles. The number of nitrogens with zero attached hydrogens (tertiary/aromatic N) is 3. The molecular formula is C23H21N3O3S2. The van der Waals surface area contributed by atoms with Crippen LogP contribution >= 0.6 is 11.8 Å². The normalized spacial score (nSPS) is 19.8. The first-order chi connectivity index (χ1) is 14.8. The number of anilines is 1. The van der Waals surface area contributed by atoms with Crippen LogP contribution in [0.5, 0.6) is 0 Å². The third-order valence-electron chi connectivity index (χ3n) is 4.97. The Bertz CT molecular complexity index is 1260. The Hall–Kier alpha value is -3.10. The number of hydrogen-bond donors (Lipinski definition) is 0. The van der Waals surface area contributed by atoms with Gasteiger partial charge in [0.2, 0.25) is 0 Å². The van der Waals surface area contributed by atoms with E-state index in [1.807, 2.05) is 55.3 Å². The van der Waals surface area contributed by atoms with Crippen LogP contribution in [0.3, 0.4) is 0 Å². The van der Waals surface area contributed by atoms with E-state index >= 15 is 0 Å². The van der Waals surface area contributed by atoms with Gasteiger partial charge in [0.1, 0.15) is 4.91 Å². The largest absolute Gasteiger partial charge is 0.343 e. The maximum atomic E-state index is 13.4. The number of benzene rings is 2. The van der Waals surface area contributed by atoms with Crippen molar-refractivity contribution in [2.24, 2.45) is 4.99 Å². The quantitative estimate of drug-likeness (QED) is 0.515. The molecule has 0 radical (unpaired) electrons. The van der Waals surface area contributed by atoms with Gasteiger partial charge in [-0.3, -0.25) is 9.79 Å². The molecule has 2 heterocycles. The fourth-order valence-corrected chi connectivity index (χ4v) is 6.06. The van der Waals surface area contributed by atoms with E-state index in [0.717, 1.165) is 32.9 Å². The van der Waals surface area contributed by atoms with Gasteiger partial charge in [-0.25, -0.2) is 8.42 Å². The topological polar surface area (TPSA) is 70.1 Å². The Morgan fingerprint density at radius 2 is 1.81 bits per heavy atom. The molecule has 1 saturated heterocycles. The third kappa shape index (κ3) is 3.73. The van der Waals surface area contributed by atoms with Gasteiger partial charge >= 0.3 is 0 Å². The fourth-order valence-electron chi connectivity index (χ4n) is 3.36. The van der Waals surface area contributed by atoms with Crippen molar-refractivity contribution in [2.75, 3.05) is 18.5 Å². The number of aliphatic imine (C=N–C) groups is 1. The number of amidine groups is 1. The van der Waals surface area contributed by atoms with Crippen molar-refractivity contribution in [1.82, 2.24) is 4.31 Å². The first-order valence-electron chi connectivity index (χ1n) is 9.59. The number of likely N-dealkylation sites (N-methyl/N-ethyl adjacent to an activating group) is 1. The first-order valence-corrected chi connectivity index (χ1v) is 11.8. The zero-order valence-corrected chi connectivity index (χ0v) is 18.8. The van der Waals surface area contributed by atoms with E-state index in [4.69, 9.17) is 0 Å². The molecule has 6 nitrogen and oxygen atoms in total. The van der Waals surface area contributed by atoms with Crippen molar-refractivity contribution in [3.8, 4) is 0 Å². The third-order valence-corrected chi connectivity index (χ3v) is 7.86. The number of thioether (sulfide) groups is 1. The SMILES string of the molecule is C=CCN=C1S/C(=C2/C=Cc3ccccc3N2C)C(=O)N1S(=O)(=O)c1ccc(C)cc1. The Morgan fingerprint density at radius 1 is 1.10 bits per heavy atom. The number of carbonyl (C=O) groups is 1. The Balaban J connectivity index is 1.82. The lowest BCUT2D eigenvalue weighted by Crippen LogP contribution is -2.36. The Labute approximate surface area is 186 Å². The summed E-state index contributed by atoms with van der Waals surface area (Å²) in [6.45, 7) is 5.71. The number of allylic oxidation sites excluding steroid dienone is 1. The molecule has 2 aliphatic rings. The summed E-state index contributed by atoms with van der Waals surface area (Å²) in [5.41, 5.74) is 3.51. The van der Waals surface area contributed by atoms with E-state index in [9.17, 15) is 13.2 Å². The van der Waals surface area contributed by atoms with E-state index in [0.29, 0.717) is 10.6 Å². The minimum absolute atomic E-state index is 0.0440. The van der Waals surface area contributed by atoms with Gasteiger partial charge in [0.05, 0.1) is 17.1 Å². The summed E-state index contributed by atoms with van der Waals surface area (Å²) in [5, 5.41) is 0.119. The van der Waals surface area contributed by atoms with Crippen molar-refractivity contribution in [2.45, 2.75) is 11.8 Å². The zero-order valence-electron chi connectivity index (χ0n) is 17.1. The minimum atomic E-state index is -4.11. The van der Waals surface area contributed by atoms with Gasteiger partial charge in [-0.1, -0.05) is 48.0 Å². The van der Waals surface area contributed by atoms with Crippen molar-refractivity contribution >= 4 is 44.6 Å². The molecule has 0 spiro atoms. The number of amides is 1. The van der Waals surface area contributed by atoms with E-state index in [-0.39, 0.29) is 16.6 Å². The highest BCUT2D eigenvalue weighted by atomic mass is 32.2. The molecule has 2 aromatic rings. The zero-order chi connectivity index (χ0) is 22.2. The fraction of sp³-hybridized carbons (Fsp3) is 0.130. The molecule has 0 unspecified atom stereocenters. The van der Waals surface area contributed by atoms with E-state index < -0.39 is 15.9 Å². The van der Waals surface area contributed by atoms with Crippen LogP contribution in [0.2, 0.25) is 0 Å². The molecule has 2 aromatic carbocycles. The lowest BCUT2D eigenvalue weighted by molar-refractivity contribution is -0.119. The summed E-state index contributed by atoms with van der Waals surface area (Å²) < 4.78 is 27.5. The van der Waals surface area contributed by atoms with Crippen LogP contribution in [-0.2, 0) is 14.8 Å². The molecule has 0 N–H and O–H groups in total. The molecule has 31 heavy (non-hydrogen) atoms. The summed E-state index contributed by atoms with van der Waals surface area (Å²) in [6.07, 6.45) is 5.31. The molecule has 1 fully saturated rings. The Morgan fingerprint density at radius 3 is 2.52 bits per heavy atom.